The molecule has 0 saturated carbocycles. The Kier molecular flexibility index (Phi) is 4.92. The quantitative estimate of drug-likeness (QED) is 0.780. The molecule has 1 amide bonds. The van der Waals surface area contributed by atoms with Gasteiger partial charge in [-0.3, -0.25) is 4.79 Å². The minimum absolute atomic E-state index is 0.00500. The van der Waals surface area contributed by atoms with Crippen molar-refractivity contribution in [3.63, 3.8) is 0 Å². The number of hydrogen-bond acceptors (Lipinski definition) is 6. The summed E-state index contributed by atoms with van der Waals surface area (Å²) in [5.74, 6) is 0.300. The van der Waals surface area contributed by atoms with Crippen LogP contribution < -0.4 is 5.32 Å². The normalized spacial score (nSPS) is 23.6. The van der Waals surface area contributed by atoms with Crippen molar-refractivity contribution in [1.29, 1.82) is 0 Å². The fourth-order valence-corrected chi connectivity index (χ4v) is 4.40. The zero-order chi connectivity index (χ0) is 15.5. The number of hydrogen-bond donors (Lipinski definition) is 1. The van der Waals surface area contributed by atoms with E-state index in [9.17, 15) is 13.2 Å². The second-order valence-electron chi connectivity index (χ2n) is 5.63. The van der Waals surface area contributed by atoms with Crippen LogP contribution in [0.15, 0.2) is 6.33 Å². The molecule has 21 heavy (non-hydrogen) atoms. The van der Waals surface area contributed by atoms with Gasteiger partial charge in [0, 0.05) is 6.54 Å². The summed E-state index contributed by atoms with van der Waals surface area (Å²) in [5.41, 5.74) is 0. The van der Waals surface area contributed by atoms with Gasteiger partial charge in [-0.1, -0.05) is 20.3 Å². The van der Waals surface area contributed by atoms with Gasteiger partial charge in [-0.15, -0.1) is 5.10 Å². The summed E-state index contributed by atoms with van der Waals surface area (Å²) >= 11 is 0. The first kappa shape index (κ1) is 15.9. The number of nitrogens with one attached hydrogen (secondary N) is 1. The summed E-state index contributed by atoms with van der Waals surface area (Å²) in [4.78, 5) is 12.4. The highest BCUT2D eigenvalue weighted by atomic mass is 32.2. The molecule has 3 atom stereocenters. The molecule has 0 aromatic carbocycles. The van der Waals surface area contributed by atoms with Crippen molar-refractivity contribution in [3.8, 4) is 0 Å². The second-order valence-corrected chi connectivity index (χ2v) is 7.86. The molecule has 0 radical (unpaired) electrons. The van der Waals surface area contributed by atoms with E-state index in [4.69, 9.17) is 0 Å². The number of carbonyl (C=O) groups is 1. The molecular formula is C12H21N5O3S. The van der Waals surface area contributed by atoms with Crippen LogP contribution in [-0.2, 0) is 14.6 Å². The fraction of sp³-hybridized carbons (Fsp3) is 0.833. The molecule has 2 heterocycles. The van der Waals surface area contributed by atoms with Gasteiger partial charge in [0.1, 0.15) is 12.4 Å². The maximum Gasteiger partial charge on any atom is 0.245 e. The maximum atomic E-state index is 12.4. The SMILES string of the molecule is CC[C@H](C)[C@@H](C(=O)NCC1CCS(=O)(=O)C1)n1cnnn1. The highest BCUT2D eigenvalue weighted by Gasteiger charge is 2.31. The molecule has 118 valence electrons. The highest BCUT2D eigenvalue weighted by Crippen LogP contribution is 2.21. The number of rotatable bonds is 6. The third-order valence-electron chi connectivity index (χ3n) is 3.99. The average molecular weight is 315 g/mol. The van der Waals surface area contributed by atoms with Gasteiger partial charge in [-0.2, -0.15) is 0 Å². The topological polar surface area (TPSA) is 107 Å². The molecule has 1 aliphatic rings. The Bertz CT molecular complexity index is 572. The first-order chi connectivity index (χ1) is 9.93. The van der Waals surface area contributed by atoms with Crippen molar-refractivity contribution in [1.82, 2.24) is 25.5 Å². The van der Waals surface area contributed by atoms with E-state index in [0.717, 1.165) is 6.42 Å². The van der Waals surface area contributed by atoms with Gasteiger partial charge in [0.2, 0.25) is 5.91 Å². The van der Waals surface area contributed by atoms with Gasteiger partial charge in [-0.05, 0) is 28.7 Å². The third kappa shape index (κ3) is 3.99. The predicted molar refractivity (Wildman–Crippen MR) is 76.1 cm³/mol. The van der Waals surface area contributed by atoms with E-state index >= 15 is 0 Å². The van der Waals surface area contributed by atoms with Gasteiger partial charge in [0.15, 0.2) is 9.84 Å². The zero-order valence-corrected chi connectivity index (χ0v) is 13.1. The van der Waals surface area contributed by atoms with Crippen LogP contribution in [0.3, 0.4) is 0 Å². The molecule has 1 aliphatic heterocycles. The van der Waals surface area contributed by atoms with E-state index in [1.807, 2.05) is 13.8 Å². The molecule has 1 saturated heterocycles. The van der Waals surface area contributed by atoms with E-state index < -0.39 is 15.9 Å². The summed E-state index contributed by atoms with van der Waals surface area (Å²) in [5, 5.41) is 13.8. The van der Waals surface area contributed by atoms with Crippen LogP contribution in [0, 0.1) is 11.8 Å². The molecule has 9 heteroatoms. The molecule has 1 N–H and O–H groups in total. The summed E-state index contributed by atoms with van der Waals surface area (Å²) in [6.07, 6.45) is 2.85. The Morgan fingerprint density at radius 3 is 2.81 bits per heavy atom. The van der Waals surface area contributed by atoms with Crippen molar-refractivity contribution in [2.45, 2.75) is 32.7 Å². The third-order valence-corrected chi connectivity index (χ3v) is 5.83. The summed E-state index contributed by atoms with van der Waals surface area (Å²) in [6.45, 7) is 4.35. The average Bonchev–Trinajstić information content (AvgIpc) is 3.06. The zero-order valence-electron chi connectivity index (χ0n) is 12.3. The molecule has 1 aromatic rings. The number of tetrazole rings is 1. The maximum absolute atomic E-state index is 12.4. The largest absolute Gasteiger partial charge is 0.354 e. The van der Waals surface area contributed by atoms with Crippen molar-refractivity contribution in [3.05, 3.63) is 6.33 Å². The highest BCUT2D eigenvalue weighted by molar-refractivity contribution is 7.91. The number of sulfone groups is 1. The van der Waals surface area contributed by atoms with Crippen molar-refractivity contribution >= 4 is 15.7 Å². The predicted octanol–water partition coefficient (Wildman–Crippen LogP) is -0.189. The lowest BCUT2D eigenvalue weighted by Gasteiger charge is -2.22. The van der Waals surface area contributed by atoms with Crippen LogP contribution in [0.5, 0.6) is 0 Å². The van der Waals surface area contributed by atoms with Crippen LogP contribution in [0.2, 0.25) is 0 Å². The Morgan fingerprint density at radius 1 is 1.52 bits per heavy atom. The molecule has 1 fully saturated rings. The van der Waals surface area contributed by atoms with Crippen LogP contribution in [-0.4, -0.2) is 52.6 Å². The van der Waals surface area contributed by atoms with Crippen LogP contribution in [0.1, 0.15) is 32.7 Å². The van der Waals surface area contributed by atoms with E-state index in [0.29, 0.717) is 13.0 Å². The lowest BCUT2D eigenvalue weighted by molar-refractivity contribution is -0.126. The van der Waals surface area contributed by atoms with Crippen molar-refractivity contribution in [2.24, 2.45) is 11.8 Å². The van der Waals surface area contributed by atoms with Crippen LogP contribution in [0.25, 0.3) is 0 Å². The fourth-order valence-electron chi connectivity index (χ4n) is 2.54. The van der Waals surface area contributed by atoms with E-state index in [1.165, 1.54) is 11.0 Å². The van der Waals surface area contributed by atoms with E-state index in [1.54, 1.807) is 0 Å². The summed E-state index contributed by atoms with van der Waals surface area (Å²) in [6, 6.07) is -0.469. The molecule has 0 spiro atoms. The summed E-state index contributed by atoms with van der Waals surface area (Å²) < 4.78 is 24.3. The smallest absolute Gasteiger partial charge is 0.245 e. The van der Waals surface area contributed by atoms with Crippen molar-refractivity contribution < 1.29 is 13.2 Å². The van der Waals surface area contributed by atoms with E-state index in [-0.39, 0.29) is 29.2 Å². The van der Waals surface area contributed by atoms with Gasteiger partial charge in [-0.25, -0.2) is 13.1 Å². The molecule has 0 bridgehead atoms. The Labute approximate surface area is 124 Å². The van der Waals surface area contributed by atoms with Gasteiger partial charge in [0.05, 0.1) is 11.5 Å². The number of carbonyl (C=O) groups excluding carboxylic acids is 1. The first-order valence-electron chi connectivity index (χ1n) is 7.13. The molecule has 8 nitrogen and oxygen atoms in total. The van der Waals surface area contributed by atoms with Crippen molar-refractivity contribution in [2.75, 3.05) is 18.1 Å². The molecule has 1 aromatic heterocycles. The molecular weight excluding hydrogens is 294 g/mol. The number of aromatic nitrogens is 4. The van der Waals surface area contributed by atoms with Gasteiger partial charge < -0.3 is 5.32 Å². The molecule has 1 unspecified atom stereocenters. The monoisotopic (exact) mass is 315 g/mol. The molecule has 0 aliphatic carbocycles. The first-order valence-corrected chi connectivity index (χ1v) is 8.95. The second kappa shape index (κ2) is 6.50. The minimum Gasteiger partial charge on any atom is -0.354 e. The Hall–Kier alpha value is -1.51. The lowest BCUT2D eigenvalue weighted by atomic mass is 9.98. The minimum atomic E-state index is -2.92. The Balaban J connectivity index is 1.96. The standard InChI is InChI=1S/C12H21N5O3S/c1-3-9(2)11(17-8-14-15-16-17)12(18)13-6-10-4-5-21(19,20)7-10/h8-11H,3-7H2,1-2H3,(H,13,18)/t9-,10?,11-/m0/s1. The van der Waals surface area contributed by atoms with Crippen LogP contribution in [0.4, 0.5) is 0 Å². The van der Waals surface area contributed by atoms with E-state index in [2.05, 4.69) is 20.8 Å². The summed E-state index contributed by atoms with van der Waals surface area (Å²) in [7, 11) is -2.92. The molecule has 2 rings (SSSR count). The number of nitrogens with zero attached hydrogens (tertiary/aromatic N) is 4. The number of amides is 1. The lowest BCUT2D eigenvalue weighted by Crippen LogP contribution is -2.39. The van der Waals surface area contributed by atoms with Gasteiger partial charge in [0.25, 0.3) is 0 Å². The van der Waals surface area contributed by atoms with Crippen LogP contribution >= 0.6 is 0 Å². The van der Waals surface area contributed by atoms with Gasteiger partial charge >= 0.3 is 0 Å². The Morgan fingerprint density at radius 2 is 2.29 bits per heavy atom.